The molecule has 0 unspecified atom stereocenters. The predicted octanol–water partition coefficient (Wildman–Crippen LogP) is 4.52. The summed E-state index contributed by atoms with van der Waals surface area (Å²) in [4.78, 5) is 29.3. The van der Waals surface area contributed by atoms with E-state index in [0.717, 1.165) is 22.0 Å². The number of nitrogens with one attached hydrogen (secondary N) is 2. The lowest BCUT2D eigenvalue weighted by atomic mass is 10.1. The highest BCUT2D eigenvalue weighted by Gasteiger charge is 2.32. The number of anilines is 1. The van der Waals surface area contributed by atoms with Crippen molar-refractivity contribution in [2.24, 2.45) is 4.99 Å². The van der Waals surface area contributed by atoms with Crippen LogP contribution >= 0.6 is 11.8 Å². The van der Waals surface area contributed by atoms with E-state index in [4.69, 9.17) is 0 Å². The summed E-state index contributed by atoms with van der Waals surface area (Å²) in [6.07, 6.45) is 0.0993. The largest absolute Gasteiger partial charge is 0.326 e. The van der Waals surface area contributed by atoms with Crippen LogP contribution in [-0.2, 0) is 9.59 Å². The molecular weight excluding hydrogens is 382 g/mol. The van der Waals surface area contributed by atoms with Gasteiger partial charge >= 0.3 is 0 Å². The van der Waals surface area contributed by atoms with E-state index < -0.39 is 5.25 Å². The van der Waals surface area contributed by atoms with E-state index in [1.165, 1.54) is 11.8 Å². The summed E-state index contributed by atoms with van der Waals surface area (Å²) in [5.41, 5.74) is 1.80. The lowest BCUT2D eigenvalue weighted by Gasteiger charge is -2.09. The highest BCUT2D eigenvalue weighted by Crippen LogP contribution is 2.26. The van der Waals surface area contributed by atoms with Crippen molar-refractivity contribution in [3.8, 4) is 0 Å². The van der Waals surface area contributed by atoms with Gasteiger partial charge in [-0.3, -0.25) is 14.6 Å². The third kappa shape index (κ3) is 4.66. The van der Waals surface area contributed by atoms with Crippen LogP contribution in [0.3, 0.4) is 0 Å². The van der Waals surface area contributed by atoms with E-state index in [1.807, 2.05) is 79.7 Å². The lowest BCUT2D eigenvalue weighted by molar-refractivity contribution is -0.122. The van der Waals surface area contributed by atoms with E-state index in [9.17, 15) is 9.59 Å². The quantitative estimate of drug-likeness (QED) is 0.658. The fourth-order valence-electron chi connectivity index (χ4n) is 3.23. The Balaban J connectivity index is 1.38. The summed E-state index contributed by atoms with van der Waals surface area (Å²) in [5, 5.41) is 7.95. The van der Waals surface area contributed by atoms with E-state index in [-0.39, 0.29) is 24.3 Å². The van der Waals surface area contributed by atoms with Gasteiger partial charge in [-0.25, -0.2) is 0 Å². The van der Waals surface area contributed by atoms with Gasteiger partial charge < -0.3 is 10.6 Å². The first-order valence-electron chi connectivity index (χ1n) is 9.47. The smallest absolute Gasteiger partial charge is 0.240 e. The number of amidine groups is 1. The second-order valence-electron chi connectivity index (χ2n) is 6.93. The van der Waals surface area contributed by atoms with Crippen molar-refractivity contribution in [2.75, 3.05) is 5.32 Å². The van der Waals surface area contributed by atoms with Crippen molar-refractivity contribution in [1.82, 2.24) is 5.32 Å². The standard InChI is InChI=1S/C23H21N3O2S/c1-15(16-7-3-2-4-8-16)24-23-26-22(28)20(29-23)14-21(27)25-19-12-11-17-9-5-6-10-18(17)13-19/h2-13,15,20H,14H2,1H3,(H,25,27)(H,24,26,28)/t15-,20+/m0/s1. The molecule has 5 nitrogen and oxygen atoms in total. The molecule has 1 saturated heterocycles. The summed E-state index contributed by atoms with van der Waals surface area (Å²) in [6.45, 7) is 1.98. The Hall–Kier alpha value is -3.12. The Morgan fingerprint density at radius 2 is 1.79 bits per heavy atom. The van der Waals surface area contributed by atoms with Gasteiger partial charge in [0.2, 0.25) is 11.8 Å². The molecule has 0 aromatic heterocycles. The Kier molecular flexibility index (Phi) is 5.62. The van der Waals surface area contributed by atoms with Crippen LogP contribution in [0.15, 0.2) is 77.8 Å². The van der Waals surface area contributed by atoms with Crippen molar-refractivity contribution in [2.45, 2.75) is 24.6 Å². The van der Waals surface area contributed by atoms with Gasteiger partial charge in [-0.1, -0.05) is 72.4 Å². The summed E-state index contributed by atoms with van der Waals surface area (Å²) in [5.74, 6) is -0.368. The molecule has 3 aromatic rings. The van der Waals surface area contributed by atoms with E-state index in [0.29, 0.717) is 5.17 Å². The van der Waals surface area contributed by atoms with Gasteiger partial charge in [-0.15, -0.1) is 0 Å². The molecule has 1 heterocycles. The maximum atomic E-state index is 12.5. The molecule has 0 saturated carbocycles. The Bertz CT molecular complexity index is 1080. The molecule has 0 bridgehead atoms. The monoisotopic (exact) mass is 403 g/mol. The van der Waals surface area contributed by atoms with Crippen LogP contribution < -0.4 is 10.6 Å². The van der Waals surface area contributed by atoms with Crippen molar-refractivity contribution < 1.29 is 9.59 Å². The first kappa shape index (κ1) is 19.2. The van der Waals surface area contributed by atoms with E-state index >= 15 is 0 Å². The Morgan fingerprint density at radius 3 is 2.59 bits per heavy atom. The van der Waals surface area contributed by atoms with E-state index in [1.54, 1.807) is 0 Å². The van der Waals surface area contributed by atoms with Gasteiger partial charge in [-0.2, -0.15) is 0 Å². The Morgan fingerprint density at radius 1 is 1.07 bits per heavy atom. The summed E-state index contributed by atoms with van der Waals surface area (Å²) >= 11 is 1.31. The minimum atomic E-state index is -0.475. The number of nitrogens with zero attached hydrogens (tertiary/aromatic N) is 1. The highest BCUT2D eigenvalue weighted by molar-refractivity contribution is 8.15. The van der Waals surface area contributed by atoms with Gasteiger partial charge in [0.25, 0.3) is 0 Å². The first-order valence-corrected chi connectivity index (χ1v) is 10.4. The van der Waals surface area contributed by atoms with Gasteiger partial charge in [-0.05, 0) is 35.4 Å². The van der Waals surface area contributed by atoms with Crippen LogP contribution in [0.4, 0.5) is 5.69 Å². The number of hydrogen-bond donors (Lipinski definition) is 2. The third-order valence-electron chi connectivity index (χ3n) is 4.77. The number of carbonyl (C=O) groups is 2. The average Bonchev–Trinajstić information content (AvgIpc) is 3.07. The molecule has 146 valence electrons. The number of aliphatic imine (C=N–C) groups is 1. The van der Waals surface area contributed by atoms with Crippen molar-refractivity contribution in [3.63, 3.8) is 0 Å². The van der Waals surface area contributed by atoms with Gasteiger partial charge in [0, 0.05) is 12.1 Å². The maximum Gasteiger partial charge on any atom is 0.240 e. The minimum Gasteiger partial charge on any atom is -0.326 e. The SMILES string of the molecule is C[C@H](N=C1NC(=O)[C@@H](CC(=O)Nc2ccc3ccccc3c2)S1)c1ccccc1. The fourth-order valence-corrected chi connectivity index (χ4v) is 4.28. The number of fused-ring (bicyclic) bond motifs is 1. The summed E-state index contributed by atoms with van der Waals surface area (Å²) in [6, 6.07) is 23.6. The van der Waals surface area contributed by atoms with E-state index in [2.05, 4.69) is 15.6 Å². The zero-order valence-electron chi connectivity index (χ0n) is 16.0. The zero-order chi connectivity index (χ0) is 20.2. The third-order valence-corrected chi connectivity index (χ3v) is 5.87. The second kappa shape index (κ2) is 8.49. The van der Waals surface area contributed by atoms with Gasteiger partial charge in [0.05, 0.1) is 6.04 Å². The molecule has 3 aromatic carbocycles. The number of carbonyl (C=O) groups excluding carboxylic acids is 2. The topological polar surface area (TPSA) is 70.6 Å². The average molecular weight is 404 g/mol. The van der Waals surface area contributed by atoms with Crippen LogP contribution in [0, 0.1) is 0 Å². The number of amides is 2. The first-order chi connectivity index (χ1) is 14.1. The number of benzene rings is 3. The zero-order valence-corrected chi connectivity index (χ0v) is 16.8. The molecule has 29 heavy (non-hydrogen) atoms. The summed E-state index contributed by atoms with van der Waals surface area (Å²) in [7, 11) is 0. The van der Waals surface area contributed by atoms with Crippen LogP contribution in [0.25, 0.3) is 10.8 Å². The van der Waals surface area contributed by atoms with Crippen LogP contribution in [0.5, 0.6) is 0 Å². The van der Waals surface area contributed by atoms with Gasteiger partial charge in [0.1, 0.15) is 5.25 Å². The van der Waals surface area contributed by atoms with Crippen molar-refractivity contribution in [1.29, 1.82) is 0 Å². The summed E-state index contributed by atoms with van der Waals surface area (Å²) < 4.78 is 0. The normalized spacial score (nSPS) is 18.6. The minimum absolute atomic E-state index is 0.0656. The second-order valence-corrected chi connectivity index (χ2v) is 8.12. The molecule has 1 aliphatic rings. The fraction of sp³-hybridized carbons (Fsp3) is 0.174. The molecule has 0 radical (unpaired) electrons. The van der Waals surface area contributed by atoms with Crippen LogP contribution in [0.2, 0.25) is 0 Å². The van der Waals surface area contributed by atoms with Crippen LogP contribution in [0.1, 0.15) is 24.9 Å². The molecule has 6 heteroatoms. The van der Waals surface area contributed by atoms with Crippen molar-refractivity contribution in [3.05, 3.63) is 78.4 Å². The number of rotatable bonds is 5. The molecular formula is C23H21N3O2S. The molecule has 0 spiro atoms. The highest BCUT2D eigenvalue weighted by atomic mass is 32.2. The molecule has 1 aliphatic heterocycles. The van der Waals surface area contributed by atoms with Crippen molar-refractivity contribution >= 4 is 45.2 Å². The Labute approximate surface area is 173 Å². The lowest BCUT2D eigenvalue weighted by Crippen LogP contribution is -2.28. The number of hydrogen-bond acceptors (Lipinski definition) is 4. The molecule has 4 rings (SSSR count). The molecule has 2 N–H and O–H groups in total. The number of thioether (sulfide) groups is 1. The molecule has 1 fully saturated rings. The van der Waals surface area contributed by atoms with Crippen LogP contribution in [-0.4, -0.2) is 22.2 Å². The molecule has 0 aliphatic carbocycles. The molecule has 2 atom stereocenters. The molecule has 2 amide bonds. The maximum absolute atomic E-state index is 12.5. The van der Waals surface area contributed by atoms with Gasteiger partial charge in [0.15, 0.2) is 5.17 Å². The predicted molar refractivity (Wildman–Crippen MR) is 119 cm³/mol.